The van der Waals surface area contributed by atoms with Crippen LogP contribution in [0, 0.1) is 6.92 Å². The maximum absolute atomic E-state index is 10.7. The monoisotopic (exact) mass is 204 g/mol. The first-order valence-electron chi connectivity index (χ1n) is 5.00. The van der Waals surface area contributed by atoms with Crippen LogP contribution in [-0.4, -0.2) is 12.1 Å². The average molecular weight is 204 g/mol. The first-order chi connectivity index (χ1) is 7.08. The van der Waals surface area contributed by atoms with Gasteiger partial charge in [0.25, 0.3) is 0 Å². The highest BCUT2D eigenvalue weighted by Gasteiger charge is 1.99. The standard InChI is InChI=1S/C13H16O2/c1-10-4-7-13(8-5-10)9-6-11(2)15-12(3)14/h4-9,11H,1-3H3/b9-6+. The molecule has 1 atom stereocenters. The maximum atomic E-state index is 10.7. The van der Waals surface area contributed by atoms with Gasteiger partial charge in [-0.25, -0.2) is 0 Å². The van der Waals surface area contributed by atoms with Crippen molar-refractivity contribution in [3.05, 3.63) is 41.5 Å². The minimum atomic E-state index is -0.254. The van der Waals surface area contributed by atoms with E-state index in [2.05, 4.69) is 19.1 Å². The first-order valence-corrected chi connectivity index (χ1v) is 5.00. The van der Waals surface area contributed by atoms with E-state index in [-0.39, 0.29) is 12.1 Å². The molecule has 0 radical (unpaired) electrons. The molecule has 0 aliphatic heterocycles. The van der Waals surface area contributed by atoms with Crippen molar-refractivity contribution in [1.29, 1.82) is 0 Å². The van der Waals surface area contributed by atoms with E-state index in [1.165, 1.54) is 12.5 Å². The van der Waals surface area contributed by atoms with Gasteiger partial charge < -0.3 is 4.74 Å². The Hall–Kier alpha value is -1.57. The molecule has 0 N–H and O–H groups in total. The van der Waals surface area contributed by atoms with Crippen molar-refractivity contribution in [3.8, 4) is 0 Å². The van der Waals surface area contributed by atoms with E-state index in [4.69, 9.17) is 4.74 Å². The van der Waals surface area contributed by atoms with E-state index >= 15 is 0 Å². The summed E-state index contributed by atoms with van der Waals surface area (Å²) in [6.07, 6.45) is 3.64. The van der Waals surface area contributed by atoms with Gasteiger partial charge in [-0.15, -0.1) is 0 Å². The van der Waals surface area contributed by atoms with Gasteiger partial charge >= 0.3 is 5.97 Å². The Morgan fingerprint density at radius 3 is 2.47 bits per heavy atom. The lowest BCUT2D eigenvalue weighted by atomic mass is 10.1. The molecule has 0 amide bonds. The summed E-state index contributed by atoms with van der Waals surface area (Å²) in [5, 5.41) is 0. The number of carbonyl (C=O) groups excluding carboxylic acids is 1. The Bertz CT molecular complexity index is 349. The first kappa shape index (κ1) is 11.5. The summed E-state index contributed by atoms with van der Waals surface area (Å²) in [7, 11) is 0. The molecular weight excluding hydrogens is 188 g/mol. The highest BCUT2D eigenvalue weighted by Crippen LogP contribution is 2.06. The van der Waals surface area contributed by atoms with E-state index < -0.39 is 0 Å². The van der Waals surface area contributed by atoms with Crippen LogP contribution in [0.15, 0.2) is 30.3 Å². The summed E-state index contributed by atoms with van der Waals surface area (Å²) in [5.74, 6) is -0.254. The zero-order valence-electron chi connectivity index (χ0n) is 9.36. The minimum Gasteiger partial charge on any atom is -0.459 e. The molecule has 0 spiro atoms. The number of rotatable bonds is 3. The molecule has 2 nitrogen and oxygen atoms in total. The zero-order valence-corrected chi connectivity index (χ0v) is 9.36. The Morgan fingerprint density at radius 1 is 1.33 bits per heavy atom. The lowest BCUT2D eigenvalue weighted by Crippen LogP contribution is -2.08. The molecule has 0 saturated heterocycles. The van der Waals surface area contributed by atoms with Gasteiger partial charge in [0.1, 0.15) is 6.10 Å². The van der Waals surface area contributed by atoms with Crippen LogP contribution in [0.5, 0.6) is 0 Å². The van der Waals surface area contributed by atoms with Crippen molar-refractivity contribution in [1.82, 2.24) is 0 Å². The van der Waals surface area contributed by atoms with Crippen molar-refractivity contribution >= 4 is 12.0 Å². The molecule has 1 rings (SSSR count). The van der Waals surface area contributed by atoms with Gasteiger partial charge in [0.2, 0.25) is 0 Å². The quantitative estimate of drug-likeness (QED) is 0.707. The van der Waals surface area contributed by atoms with E-state index in [0.29, 0.717) is 0 Å². The highest BCUT2D eigenvalue weighted by atomic mass is 16.5. The highest BCUT2D eigenvalue weighted by molar-refractivity contribution is 5.66. The molecule has 0 aliphatic rings. The second-order valence-corrected chi connectivity index (χ2v) is 3.58. The predicted octanol–water partition coefficient (Wildman–Crippen LogP) is 2.96. The van der Waals surface area contributed by atoms with Crippen molar-refractivity contribution in [3.63, 3.8) is 0 Å². The molecule has 0 heterocycles. The third kappa shape index (κ3) is 4.45. The molecule has 1 unspecified atom stereocenters. The van der Waals surface area contributed by atoms with Crippen molar-refractivity contribution in [2.75, 3.05) is 0 Å². The van der Waals surface area contributed by atoms with Crippen LogP contribution >= 0.6 is 0 Å². The fourth-order valence-corrected chi connectivity index (χ4v) is 1.23. The van der Waals surface area contributed by atoms with E-state index in [1.54, 1.807) is 0 Å². The second-order valence-electron chi connectivity index (χ2n) is 3.58. The molecule has 0 saturated carbocycles. The van der Waals surface area contributed by atoms with Crippen molar-refractivity contribution < 1.29 is 9.53 Å². The Balaban J connectivity index is 2.57. The normalized spacial score (nSPS) is 12.7. The lowest BCUT2D eigenvalue weighted by molar-refractivity contribution is -0.143. The Labute approximate surface area is 90.6 Å². The van der Waals surface area contributed by atoms with Crippen molar-refractivity contribution in [2.24, 2.45) is 0 Å². The zero-order chi connectivity index (χ0) is 11.3. The largest absolute Gasteiger partial charge is 0.459 e. The van der Waals surface area contributed by atoms with Crippen LogP contribution in [0.25, 0.3) is 6.08 Å². The second kappa shape index (κ2) is 5.35. The van der Waals surface area contributed by atoms with Gasteiger partial charge in [0, 0.05) is 6.92 Å². The minimum absolute atomic E-state index is 0.177. The van der Waals surface area contributed by atoms with Crippen LogP contribution in [0.4, 0.5) is 0 Å². The lowest BCUT2D eigenvalue weighted by Gasteiger charge is -2.05. The summed E-state index contributed by atoms with van der Waals surface area (Å²) >= 11 is 0. The van der Waals surface area contributed by atoms with Gasteiger partial charge in [-0.3, -0.25) is 4.79 Å². The van der Waals surface area contributed by atoms with Crippen LogP contribution < -0.4 is 0 Å². The third-order valence-corrected chi connectivity index (χ3v) is 1.99. The molecule has 0 fully saturated rings. The molecule has 2 heteroatoms. The number of aryl methyl sites for hydroxylation is 1. The summed E-state index contributed by atoms with van der Waals surface area (Å²) in [5.41, 5.74) is 2.35. The maximum Gasteiger partial charge on any atom is 0.303 e. The number of benzene rings is 1. The van der Waals surface area contributed by atoms with Gasteiger partial charge in [-0.2, -0.15) is 0 Å². The van der Waals surface area contributed by atoms with Gasteiger partial charge in [-0.1, -0.05) is 35.9 Å². The molecule has 80 valence electrons. The van der Waals surface area contributed by atoms with E-state index in [9.17, 15) is 4.79 Å². The van der Waals surface area contributed by atoms with E-state index in [1.807, 2.05) is 31.2 Å². The number of esters is 1. The van der Waals surface area contributed by atoms with Crippen LogP contribution in [0.1, 0.15) is 25.0 Å². The summed E-state index contributed by atoms with van der Waals surface area (Å²) in [6, 6.07) is 8.17. The molecule has 1 aromatic carbocycles. The van der Waals surface area contributed by atoms with Gasteiger partial charge in [0.05, 0.1) is 0 Å². The summed E-state index contributed by atoms with van der Waals surface area (Å²) < 4.78 is 4.97. The fourth-order valence-electron chi connectivity index (χ4n) is 1.23. The summed E-state index contributed by atoms with van der Waals surface area (Å²) in [4.78, 5) is 10.7. The van der Waals surface area contributed by atoms with E-state index in [0.717, 1.165) is 5.56 Å². The Morgan fingerprint density at radius 2 is 1.93 bits per heavy atom. The average Bonchev–Trinajstić information content (AvgIpc) is 2.16. The topological polar surface area (TPSA) is 26.3 Å². The summed E-state index contributed by atoms with van der Waals surface area (Å²) in [6.45, 7) is 5.30. The predicted molar refractivity (Wildman–Crippen MR) is 61.4 cm³/mol. The van der Waals surface area contributed by atoms with Gasteiger partial charge in [0.15, 0.2) is 0 Å². The molecule has 0 aromatic heterocycles. The third-order valence-electron chi connectivity index (χ3n) is 1.99. The van der Waals surface area contributed by atoms with Gasteiger partial charge in [-0.05, 0) is 25.5 Å². The molecule has 0 bridgehead atoms. The molecule has 0 aliphatic carbocycles. The van der Waals surface area contributed by atoms with Crippen LogP contribution in [-0.2, 0) is 9.53 Å². The van der Waals surface area contributed by atoms with Crippen LogP contribution in [0.3, 0.4) is 0 Å². The van der Waals surface area contributed by atoms with Crippen molar-refractivity contribution in [2.45, 2.75) is 26.9 Å². The molecular formula is C13H16O2. The number of carbonyl (C=O) groups is 1. The SMILES string of the molecule is CC(=O)OC(C)/C=C/c1ccc(C)cc1. The molecule has 15 heavy (non-hydrogen) atoms. The Kier molecular flexibility index (Phi) is 4.10. The number of hydrogen-bond acceptors (Lipinski definition) is 2. The molecule has 1 aromatic rings. The number of ether oxygens (including phenoxy) is 1. The smallest absolute Gasteiger partial charge is 0.303 e. The fraction of sp³-hybridized carbons (Fsp3) is 0.308. The van der Waals surface area contributed by atoms with Crippen LogP contribution in [0.2, 0.25) is 0 Å². The number of hydrogen-bond donors (Lipinski definition) is 0.